The van der Waals surface area contributed by atoms with E-state index in [-0.39, 0.29) is 31.0 Å². The number of rotatable bonds is 11. The van der Waals surface area contributed by atoms with Crippen molar-refractivity contribution >= 4 is 0 Å². The van der Waals surface area contributed by atoms with Crippen molar-refractivity contribution in [3.63, 3.8) is 0 Å². The van der Waals surface area contributed by atoms with Crippen LogP contribution in [0.15, 0.2) is 34.7 Å². The second-order valence-corrected chi connectivity index (χ2v) is 7.69. The van der Waals surface area contributed by atoms with Gasteiger partial charge in [0.1, 0.15) is 11.2 Å². The highest BCUT2D eigenvalue weighted by Crippen LogP contribution is 2.48. The molecule has 2 saturated heterocycles. The van der Waals surface area contributed by atoms with Gasteiger partial charge >= 0.3 is 0 Å². The fourth-order valence-electron chi connectivity index (χ4n) is 3.73. The average molecular weight is 350 g/mol. The lowest BCUT2D eigenvalue weighted by Crippen LogP contribution is -2.25. The Bertz CT molecular complexity index is 577. The van der Waals surface area contributed by atoms with Crippen molar-refractivity contribution < 1.29 is 24.1 Å². The normalized spacial score (nSPS) is 33.3. The minimum Gasteiger partial charge on any atom is -0.472 e. The Labute approximate surface area is 149 Å². The zero-order valence-electron chi connectivity index (χ0n) is 15.2. The molecule has 5 heteroatoms. The third-order valence-corrected chi connectivity index (χ3v) is 5.57. The van der Waals surface area contributed by atoms with Gasteiger partial charge in [-0.05, 0) is 64.0 Å². The van der Waals surface area contributed by atoms with Crippen LogP contribution in [0.1, 0.15) is 51.5 Å². The number of hydrogen-bond acceptors (Lipinski definition) is 5. The Hall–Kier alpha value is -1.14. The maximum atomic E-state index is 9.77. The highest BCUT2D eigenvalue weighted by atomic mass is 16.6. The Balaban J connectivity index is 1.42. The summed E-state index contributed by atoms with van der Waals surface area (Å²) >= 11 is 0. The summed E-state index contributed by atoms with van der Waals surface area (Å²) < 4.78 is 16.7. The minimum absolute atomic E-state index is 0.0413. The molecule has 2 N–H and O–H groups in total. The molecule has 0 radical (unpaired) electrons. The molecule has 0 bridgehead atoms. The van der Waals surface area contributed by atoms with E-state index in [4.69, 9.17) is 13.9 Å². The van der Waals surface area contributed by atoms with Gasteiger partial charge < -0.3 is 24.1 Å². The van der Waals surface area contributed by atoms with Gasteiger partial charge in [-0.1, -0.05) is 11.6 Å². The molecule has 25 heavy (non-hydrogen) atoms. The molecule has 140 valence electrons. The molecule has 5 nitrogen and oxygen atoms in total. The number of furan rings is 1. The maximum absolute atomic E-state index is 9.77. The van der Waals surface area contributed by atoms with E-state index in [1.165, 1.54) is 5.57 Å². The van der Waals surface area contributed by atoms with Gasteiger partial charge in [0.05, 0.1) is 37.9 Å². The van der Waals surface area contributed by atoms with Gasteiger partial charge in [0.25, 0.3) is 0 Å². The number of ether oxygens (including phenoxy) is 2. The van der Waals surface area contributed by atoms with Crippen molar-refractivity contribution in [2.24, 2.45) is 0 Å². The predicted molar refractivity (Wildman–Crippen MR) is 94.3 cm³/mol. The molecule has 1 aromatic rings. The second-order valence-electron chi connectivity index (χ2n) is 7.69. The molecule has 0 spiro atoms. The SMILES string of the molecule is CC(C)=CCC[C@@]1(CO)O[C@@H]1CC[C@@]1(CO)O[C@@H]1CCc1ccoc1. The van der Waals surface area contributed by atoms with Gasteiger partial charge in [0.15, 0.2) is 0 Å². The van der Waals surface area contributed by atoms with E-state index in [9.17, 15) is 10.2 Å². The predicted octanol–water partition coefficient (Wildman–Crippen LogP) is 3.00. The number of epoxide rings is 2. The molecule has 3 rings (SSSR count). The van der Waals surface area contributed by atoms with Gasteiger partial charge in [-0.3, -0.25) is 0 Å². The van der Waals surface area contributed by atoms with Crippen LogP contribution in [0, 0.1) is 0 Å². The van der Waals surface area contributed by atoms with Gasteiger partial charge in [-0.25, -0.2) is 0 Å². The summed E-state index contributed by atoms with van der Waals surface area (Å²) in [5, 5.41) is 19.5. The van der Waals surface area contributed by atoms with Crippen LogP contribution < -0.4 is 0 Å². The lowest BCUT2D eigenvalue weighted by Gasteiger charge is -2.11. The van der Waals surface area contributed by atoms with Crippen molar-refractivity contribution in [1.82, 2.24) is 0 Å². The summed E-state index contributed by atoms with van der Waals surface area (Å²) in [5.41, 5.74) is 1.64. The summed E-state index contributed by atoms with van der Waals surface area (Å²) in [7, 11) is 0. The fraction of sp³-hybridized carbons (Fsp3) is 0.700. The Morgan fingerprint density at radius 3 is 2.36 bits per heavy atom. The zero-order chi connectivity index (χ0) is 17.9. The molecule has 0 aliphatic carbocycles. The van der Waals surface area contributed by atoms with Crippen LogP contribution >= 0.6 is 0 Å². The highest BCUT2D eigenvalue weighted by molar-refractivity contribution is 5.11. The standard InChI is InChI=1S/C20H30O5/c1-15(2)4-3-9-19(13-21)18(25-19)7-10-20(14-22)17(24-20)6-5-16-8-11-23-12-16/h4,8,11-12,17-18,21-22H,3,5-7,9-10,13-14H2,1-2H3/t17-,18-,19+,20+/m1/s1. The highest BCUT2D eigenvalue weighted by Gasteiger charge is 2.59. The molecular formula is C20H30O5. The van der Waals surface area contributed by atoms with Crippen LogP contribution in [0.2, 0.25) is 0 Å². The Morgan fingerprint density at radius 1 is 1.08 bits per heavy atom. The van der Waals surface area contributed by atoms with Crippen molar-refractivity contribution in [2.75, 3.05) is 13.2 Å². The topological polar surface area (TPSA) is 78.7 Å². The first kappa shape index (κ1) is 18.6. The maximum Gasteiger partial charge on any atom is 0.118 e. The van der Waals surface area contributed by atoms with E-state index in [2.05, 4.69) is 19.9 Å². The van der Waals surface area contributed by atoms with E-state index in [1.54, 1.807) is 12.5 Å². The van der Waals surface area contributed by atoms with E-state index >= 15 is 0 Å². The molecule has 2 aliphatic heterocycles. The number of allylic oxidation sites excluding steroid dienone is 2. The van der Waals surface area contributed by atoms with E-state index in [0.29, 0.717) is 0 Å². The molecule has 3 heterocycles. The van der Waals surface area contributed by atoms with Gasteiger partial charge in [-0.2, -0.15) is 0 Å². The summed E-state index contributed by atoms with van der Waals surface area (Å²) in [6, 6.07) is 1.96. The van der Waals surface area contributed by atoms with E-state index < -0.39 is 5.60 Å². The molecular weight excluding hydrogens is 320 g/mol. The van der Waals surface area contributed by atoms with Crippen LogP contribution in [0.5, 0.6) is 0 Å². The second kappa shape index (κ2) is 7.62. The lowest BCUT2D eigenvalue weighted by molar-refractivity contribution is 0.157. The average Bonchev–Trinajstić information content (AvgIpc) is 3.42. The fourth-order valence-corrected chi connectivity index (χ4v) is 3.73. The van der Waals surface area contributed by atoms with Crippen molar-refractivity contribution in [3.05, 3.63) is 35.8 Å². The minimum atomic E-state index is -0.420. The van der Waals surface area contributed by atoms with Crippen LogP contribution in [0.4, 0.5) is 0 Å². The first-order valence-electron chi connectivity index (χ1n) is 9.25. The molecule has 0 unspecified atom stereocenters. The Kier molecular flexibility index (Phi) is 5.68. The number of aliphatic hydroxyl groups excluding tert-OH is 2. The third-order valence-electron chi connectivity index (χ3n) is 5.57. The molecule has 2 aliphatic rings. The van der Waals surface area contributed by atoms with Crippen LogP contribution in [-0.4, -0.2) is 46.8 Å². The summed E-state index contributed by atoms with van der Waals surface area (Å²) in [6.07, 6.45) is 10.9. The summed E-state index contributed by atoms with van der Waals surface area (Å²) in [6.45, 7) is 4.26. The molecule has 4 atom stereocenters. The van der Waals surface area contributed by atoms with Crippen molar-refractivity contribution in [2.45, 2.75) is 75.8 Å². The number of aliphatic hydroxyl groups is 2. The summed E-state index contributed by atoms with van der Waals surface area (Å²) in [5.74, 6) is 0. The first-order chi connectivity index (χ1) is 12.0. The van der Waals surface area contributed by atoms with Gasteiger partial charge in [0.2, 0.25) is 0 Å². The van der Waals surface area contributed by atoms with Crippen LogP contribution in [0.3, 0.4) is 0 Å². The van der Waals surface area contributed by atoms with Crippen molar-refractivity contribution in [1.29, 1.82) is 0 Å². The Morgan fingerprint density at radius 2 is 1.76 bits per heavy atom. The van der Waals surface area contributed by atoms with E-state index in [0.717, 1.165) is 44.1 Å². The third kappa shape index (κ3) is 4.34. The quantitative estimate of drug-likeness (QED) is 0.474. The molecule has 2 fully saturated rings. The van der Waals surface area contributed by atoms with Crippen molar-refractivity contribution in [3.8, 4) is 0 Å². The monoisotopic (exact) mass is 350 g/mol. The molecule has 0 aromatic carbocycles. The first-order valence-corrected chi connectivity index (χ1v) is 9.25. The van der Waals surface area contributed by atoms with E-state index in [1.807, 2.05) is 6.07 Å². The van der Waals surface area contributed by atoms with Gasteiger partial charge in [-0.15, -0.1) is 0 Å². The molecule has 0 saturated carbocycles. The smallest absolute Gasteiger partial charge is 0.118 e. The molecule has 0 amide bonds. The zero-order valence-corrected chi connectivity index (χ0v) is 15.2. The lowest BCUT2D eigenvalue weighted by atomic mass is 9.91. The van der Waals surface area contributed by atoms with Gasteiger partial charge in [0, 0.05) is 0 Å². The van der Waals surface area contributed by atoms with Crippen LogP contribution in [0.25, 0.3) is 0 Å². The largest absolute Gasteiger partial charge is 0.472 e. The molecule has 1 aromatic heterocycles. The summed E-state index contributed by atoms with van der Waals surface area (Å²) in [4.78, 5) is 0. The number of hydrogen-bond donors (Lipinski definition) is 2. The number of aryl methyl sites for hydroxylation is 1. The van der Waals surface area contributed by atoms with Crippen LogP contribution in [-0.2, 0) is 15.9 Å².